The Hall–Kier alpha value is -1.04. The summed E-state index contributed by atoms with van der Waals surface area (Å²) in [4.78, 5) is 21.9. The maximum absolute atomic E-state index is 11.0. The van der Waals surface area contributed by atoms with Gasteiger partial charge >= 0.3 is 11.9 Å². The largest absolute Gasteiger partial charge is 0.469 e. The topological polar surface area (TPSA) is 64.6 Å². The van der Waals surface area contributed by atoms with Gasteiger partial charge in [0.25, 0.3) is 0 Å². The molecule has 0 aliphatic rings. The molecule has 86 valence electrons. The van der Waals surface area contributed by atoms with Gasteiger partial charge in [0.15, 0.2) is 0 Å². The number of halogens is 1. The van der Waals surface area contributed by atoms with Crippen molar-refractivity contribution in [2.75, 3.05) is 26.1 Å². The first-order valence-corrected chi connectivity index (χ1v) is 5.41. The molecule has 0 aromatic heterocycles. The molecular formula is C9H14BrNO4. The summed E-state index contributed by atoms with van der Waals surface area (Å²) in [5.74, 6) is -0.914. The van der Waals surface area contributed by atoms with E-state index in [4.69, 9.17) is 0 Å². The molecule has 0 aliphatic carbocycles. The van der Waals surface area contributed by atoms with Crippen LogP contribution in [0.25, 0.3) is 0 Å². The monoisotopic (exact) mass is 279 g/mol. The van der Waals surface area contributed by atoms with Crippen LogP contribution in [0.15, 0.2) is 11.8 Å². The lowest BCUT2D eigenvalue weighted by molar-refractivity contribution is -0.139. The highest BCUT2D eigenvalue weighted by molar-refractivity contribution is 9.09. The zero-order valence-electron chi connectivity index (χ0n) is 8.71. The van der Waals surface area contributed by atoms with Gasteiger partial charge in [-0.05, 0) is 0 Å². The van der Waals surface area contributed by atoms with Crippen LogP contribution in [0.5, 0.6) is 0 Å². The number of nitrogens with one attached hydrogen (secondary N) is 1. The first-order valence-electron chi connectivity index (χ1n) is 4.29. The highest BCUT2D eigenvalue weighted by atomic mass is 79.9. The highest BCUT2D eigenvalue weighted by Crippen LogP contribution is 1.99. The lowest BCUT2D eigenvalue weighted by atomic mass is 10.3. The Bertz CT molecular complexity index is 252. The van der Waals surface area contributed by atoms with Crippen LogP contribution < -0.4 is 5.32 Å². The minimum atomic E-state index is -0.504. The fourth-order valence-electron chi connectivity index (χ4n) is 0.801. The molecule has 6 heteroatoms. The van der Waals surface area contributed by atoms with E-state index in [2.05, 4.69) is 30.7 Å². The number of carbonyl (C=O) groups is 2. The Morgan fingerprint density at radius 3 is 2.47 bits per heavy atom. The van der Waals surface area contributed by atoms with Gasteiger partial charge in [0.05, 0.1) is 20.6 Å². The van der Waals surface area contributed by atoms with E-state index in [1.54, 1.807) is 0 Å². The van der Waals surface area contributed by atoms with Gasteiger partial charge in [0.1, 0.15) is 0 Å². The van der Waals surface area contributed by atoms with Crippen LogP contribution in [0.3, 0.4) is 0 Å². The van der Waals surface area contributed by atoms with Crippen LogP contribution in [0.4, 0.5) is 0 Å². The zero-order chi connectivity index (χ0) is 11.7. The Morgan fingerprint density at radius 1 is 1.33 bits per heavy atom. The van der Waals surface area contributed by atoms with E-state index in [9.17, 15) is 9.59 Å². The van der Waals surface area contributed by atoms with Gasteiger partial charge in [-0.15, -0.1) is 0 Å². The number of esters is 2. The van der Waals surface area contributed by atoms with E-state index in [1.165, 1.54) is 20.3 Å². The molecular weight excluding hydrogens is 266 g/mol. The van der Waals surface area contributed by atoms with Crippen LogP contribution in [0.1, 0.15) is 6.42 Å². The van der Waals surface area contributed by atoms with Crippen molar-refractivity contribution >= 4 is 27.9 Å². The zero-order valence-corrected chi connectivity index (χ0v) is 10.3. The minimum Gasteiger partial charge on any atom is -0.469 e. The number of methoxy groups -OCH3 is 2. The van der Waals surface area contributed by atoms with Gasteiger partial charge in [-0.25, -0.2) is 4.79 Å². The standard InChI is InChI=1S/C9H14BrNO4/c1-14-8(12)5-7(11-4-3-10)6-9(13)15-2/h5,11H,3-4,6H2,1-2H3. The predicted octanol–water partition coefficient (Wildman–Crippen LogP) is 0.591. The van der Waals surface area contributed by atoms with Crippen molar-refractivity contribution in [3.8, 4) is 0 Å². The Morgan fingerprint density at radius 2 is 2.00 bits per heavy atom. The smallest absolute Gasteiger partial charge is 0.332 e. The molecule has 0 heterocycles. The van der Waals surface area contributed by atoms with E-state index in [0.29, 0.717) is 17.6 Å². The molecule has 0 fully saturated rings. The fraction of sp³-hybridized carbons (Fsp3) is 0.556. The summed E-state index contributed by atoms with van der Waals surface area (Å²) in [6, 6.07) is 0. The lowest BCUT2D eigenvalue weighted by Crippen LogP contribution is -2.20. The average molecular weight is 280 g/mol. The third-order valence-corrected chi connectivity index (χ3v) is 1.90. The number of hydrogen-bond acceptors (Lipinski definition) is 5. The molecule has 0 aliphatic heterocycles. The summed E-state index contributed by atoms with van der Waals surface area (Å²) in [5.41, 5.74) is 0.480. The molecule has 1 N–H and O–H groups in total. The van der Waals surface area contributed by atoms with Crippen molar-refractivity contribution in [3.05, 3.63) is 11.8 Å². The summed E-state index contributed by atoms with van der Waals surface area (Å²) in [5, 5.41) is 3.63. The van der Waals surface area contributed by atoms with E-state index in [0.717, 1.165) is 0 Å². The average Bonchev–Trinajstić information content (AvgIpc) is 2.25. The molecule has 15 heavy (non-hydrogen) atoms. The molecule has 0 atom stereocenters. The Kier molecular flexibility index (Phi) is 7.71. The molecule has 0 spiro atoms. The Labute approximate surface area is 96.9 Å². The molecule has 0 aromatic carbocycles. The van der Waals surface area contributed by atoms with Gasteiger partial charge in [-0.1, -0.05) is 15.9 Å². The predicted molar refractivity (Wildman–Crippen MR) is 58.5 cm³/mol. The van der Waals surface area contributed by atoms with Gasteiger partial charge in [-0.2, -0.15) is 0 Å². The summed E-state index contributed by atoms with van der Waals surface area (Å²) in [7, 11) is 2.57. The third kappa shape index (κ3) is 6.96. The fourth-order valence-corrected chi connectivity index (χ4v) is 0.999. The van der Waals surface area contributed by atoms with E-state index >= 15 is 0 Å². The van der Waals surface area contributed by atoms with E-state index in [1.807, 2.05) is 0 Å². The van der Waals surface area contributed by atoms with E-state index < -0.39 is 11.9 Å². The van der Waals surface area contributed by atoms with Crippen molar-refractivity contribution < 1.29 is 19.1 Å². The van der Waals surface area contributed by atoms with Gasteiger partial charge in [-0.3, -0.25) is 4.79 Å². The molecule has 0 rings (SSSR count). The molecule has 0 bridgehead atoms. The van der Waals surface area contributed by atoms with Crippen LogP contribution >= 0.6 is 15.9 Å². The van der Waals surface area contributed by atoms with Crippen molar-refractivity contribution in [2.45, 2.75) is 6.42 Å². The highest BCUT2D eigenvalue weighted by Gasteiger charge is 2.07. The maximum atomic E-state index is 11.0. The van der Waals surface area contributed by atoms with Crippen LogP contribution in [0.2, 0.25) is 0 Å². The van der Waals surface area contributed by atoms with Crippen molar-refractivity contribution in [3.63, 3.8) is 0 Å². The summed E-state index contributed by atoms with van der Waals surface area (Å²) in [6.45, 7) is 0.611. The van der Waals surface area contributed by atoms with Crippen LogP contribution in [-0.2, 0) is 19.1 Å². The SMILES string of the molecule is COC(=O)C=C(CC(=O)OC)NCCBr. The van der Waals surface area contributed by atoms with Crippen LogP contribution in [-0.4, -0.2) is 38.0 Å². The van der Waals surface area contributed by atoms with Gasteiger partial charge in [0.2, 0.25) is 0 Å². The second kappa shape index (κ2) is 8.28. The molecule has 0 saturated carbocycles. The molecule has 0 amide bonds. The number of rotatable bonds is 6. The molecule has 0 radical (unpaired) electrons. The summed E-state index contributed by atoms with van der Waals surface area (Å²) >= 11 is 3.22. The number of hydrogen-bond donors (Lipinski definition) is 1. The summed E-state index contributed by atoms with van der Waals surface area (Å²) < 4.78 is 8.95. The van der Waals surface area contributed by atoms with Crippen LogP contribution in [0, 0.1) is 0 Å². The van der Waals surface area contributed by atoms with Crippen molar-refractivity contribution in [1.82, 2.24) is 5.32 Å². The molecule has 0 saturated heterocycles. The maximum Gasteiger partial charge on any atom is 0.332 e. The second-order valence-corrected chi connectivity index (χ2v) is 3.35. The minimum absolute atomic E-state index is 0.0264. The lowest BCUT2D eigenvalue weighted by Gasteiger charge is -2.07. The quantitative estimate of drug-likeness (QED) is 0.438. The molecule has 5 nitrogen and oxygen atoms in total. The Balaban J connectivity index is 4.35. The normalized spacial score (nSPS) is 10.7. The first kappa shape index (κ1) is 14.0. The van der Waals surface area contributed by atoms with E-state index in [-0.39, 0.29) is 6.42 Å². The first-order chi connectivity index (χ1) is 7.13. The summed E-state index contributed by atoms with van der Waals surface area (Å²) in [6.07, 6.45) is 1.26. The van der Waals surface area contributed by atoms with Crippen molar-refractivity contribution in [2.24, 2.45) is 0 Å². The third-order valence-electron chi connectivity index (χ3n) is 1.50. The number of alkyl halides is 1. The van der Waals surface area contributed by atoms with Gasteiger partial charge < -0.3 is 14.8 Å². The number of ether oxygens (including phenoxy) is 2. The van der Waals surface area contributed by atoms with Crippen molar-refractivity contribution in [1.29, 1.82) is 0 Å². The molecule has 0 unspecified atom stereocenters. The molecule has 0 aromatic rings. The number of carbonyl (C=O) groups excluding carboxylic acids is 2. The second-order valence-electron chi connectivity index (χ2n) is 2.56. The van der Waals surface area contributed by atoms with Gasteiger partial charge in [0, 0.05) is 23.6 Å².